The van der Waals surface area contributed by atoms with E-state index in [-0.39, 0.29) is 18.5 Å². The molecule has 4 aromatic carbocycles. The molecule has 0 aliphatic carbocycles. The Bertz CT molecular complexity index is 1940. The molecule has 6 bridgehead atoms. The van der Waals surface area contributed by atoms with Gasteiger partial charge in [0.25, 0.3) is 0 Å². The molecule has 0 spiro atoms. The van der Waals surface area contributed by atoms with Crippen molar-refractivity contribution in [1.29, 1.82) is 0 Å². The lowest BCUT2D eigenvalue weighted by Gasteiger charge is -2.46. The number of hydrogen-bond acceptors (Lipinski definition) is 8. The molecular formula is C41H47N2O8+. The minimum Gasteiger partial charge on any atom is -0.493 e. The van der Waals surface area contributed by atoms with E-state index < -0.39 is 5.97 Å². The van der Waals surface area contributed by atoms with Crippen LogP contribution >= 0.6 is 0 Å². The summed E-state index contributed by atoms with van der Waals surface area (Å²) in [4.78, 5) is 14.2. The molecule has 268 valence electrons. The Morgan fingerprint density at radius 2 is 1.53 bits per heavy atom. The number of fused-ring (bicyclic) bond motifs is 2. The zero-order chi connectivity index (χ0) is 35.9. The second-order valence-corrected chi connectivity index (χ2v) is 14.0. The van der Waals surface area contributed by atoms with Crippen molar-refractivity contribution >= 4 is 5.97 Å². The van der Waals surface area contributed by atoms with Crippen molar-refractivity contribution in [2.45, 2.75) is 44.2 Å². The van der Waals surface area contributed by atoms with Gasteiger partial charge in [-0.2, -0.15) is 0 Å². The van der Waals surface area contributed by atoms with Crippen LogP contribution in [-0.4, -0.2) is 82.6 Å². The van der Waals surface area contributed by atoms with Gasteiger partial charge in [0.2, 0.25) is 5.75 Å². The largest absolute Gasteiger partial charge is 0.493 e. The van der Waals surface area contributed by atoms with Crippen LogP contribution in [0.2, 0.25) is 0 Å². The molecule has 0 saturated carbocycles. The second kappa shape index (κ2) is 14.0. The average molecular weight is 696 g/mol. The standard InChI is InChI=1S/C41H46N2O8/c1-42-16-13-28-23-37(48-5)40(49-6)41-39(28)31(42)19-26-9-12-33(46-3)35(21-26)50-29-10-7-25(8-11-29)20-32-30-24-36(51-41)34(47-4)22-27(30)14-17-43(32,2)18-15-38(44)45/h7-12,21-24,31-32H,13-20H2,1-6H3/p+1. The van der Waals surface area contributed by atoms with E-state index >= 15 is 0 Å². The third-order valence-electron chi connectivity index (χ3n) is 11.1. The summed E-state index contributed by atoms with van der Waals surface area (Å²) in [5, 5.41) is 9.73. The Labute approximate surface area is 299 Å². The number of carbonyl (C=O) groups is 1. The predicted molar refractivity (Wildman–Crippen MR) is 193 cm³/mol. The summed E-state index contributed by atoms with van der Waals surface area (Å²) in [6.07, 6.45) is 3.05. The number of aliphatic carboxylic acids is 1. The molecule has 3 unspecified atom stereocenters. The van der Waals surface area contributed by atoms with Crippen LogP contribution in [0, 0.1) is 0 Å². The molecule has 8 rings (SSSR count). The van der Waals surface area contributed by atoms with E-state index in [4.69, 9.17) is 28.4 Å². The Balaban J connectivity index is 1.47. The van der Waals surface area contributed by atoms with Gasteiger partial charge in [0, 0.05) is 36.6 Å². The number of rotatable bonds is 7. The number of benzene rings is 4. The van der Waals surface area contributed by atoms with Crippen molar-refractivity contribution < 1.29 is 42.8 Å². The zero-order valence-electron chi connectivity index (χ0n) is 30.3. The molecular weight excluding hydrogens is 648 g/mol. The molecule has 0 saturated heterocycles. The maximum atomic E-state index is 11.9. The number of methoxy groups -OCH3 is 4. The monoisotopic (exact) mass is 695 g/mol. The van der Waals surface area contributed by atoms with E-state index in [2.05, 4.69) is 61.5 Å². The molecule has 4 aliphatic rings. The van der Waals surface area contributed by atoms with Gasteiger partial charge in [0.15, 0.2) is 34.5 Å². The SMILES string of the molecule is COc1ccc2cc1Oc1ccc(cc1)CC1c3cc(c(OC)cc3CC[N+]1(C)CCC(=O)O)Oc1c(OC)c(OC)cc3c1C(C2)N(C)CC3. The van der Waals surface area contributed by atoms with Crippen molar-refractivity contribution in [3.63, 3.8) is 0 Å². The fraction of sp³-hybridized carbons (Fsp3) is 0.390. The van der Waals surface area contributed by atoms with E-state index in [0.717, 1.165) is 53.7 Å². The summed E-state index contributed by atoms with van der Waals surface area (Å²) in [7, 11) is 10.9. The number of quaternary nitrogens is 1. The number of carboxylic acids is 1. The molecule has 3 atom stereocenters. The average Bonchev–Trinajstić information content (AvgIpc) is 3.13. The van der Waals surface area contributed by atoms with Crippen molar-refractivity contribution in [3.05, 3.63) is 94.0 Å². The number of ether oxygens (including phenoxy) is 6. The highest BCUT2D eigenvalue weighted by molar-refractivity contribution is 5.67. The van der Waals surface area contributed by atoms with Crippen molar-refractivity contribution in [2.75, 3.05) is 62.2 Å². The number of likely N-dealkylation sites (N-methyl/N-ethyl adjacent to an activating group) is 2. The highest BCUT2D eigenvalue weighted by atomic mass is 16.5. The molecule has 0 amide bonds. The van der Waals surface area contributed by atoms with Crippen LogP contribution in [0.15, 0.2) is 60.7 Å². The van der Waals surface area contributed by atoms with E-state index in [1.165, 1.54) is 5.56 Å². The fourth-order valence-electron chi connectivity index (χ4n) is 8.14. The third kappa shape index (κ3) is 6.54. The normalized spacial score (nSPS) is 20.9. The first-order chi connectivity index (χ1) is 24.6. The fourth-order valence-corrected chi connectivity index (χ4v) is 8.14. The van der Waals surface area contributed by atoms with Gasteiger partial charge in [-0.1, -0.05) is 18.2 Å². The van der Waals surface area contributed by atoms with E-state index in [9.17, 15) is 9.90 Å². The topological polar surface area (TPSA) is 95.9 Å². The molecule has 0 fully saturated rings. The van der Waals surface area contributed by atoms with E-state index in [1.807, 2.05) is 18.2 Å². The van der Waals surface area contributed by atoms with Gasteiger partial charge in [-0.15, -0.1) is 0 Å². The molecule has 4 heterocycles. The minimum atomic E-state index is -0.797. The van der Waals surface area contributed by atoms with Crippen molar-refractivity contribution in [1.82, 2.24) is 4.90 Å². The van der Waals surface area contributed by atoms with Gasteiger partial charge in [0.1, 0.15) is 11.8 Å². The maximum absolute atomic E-state index is 11.9. The zero-order valence-corrected chi connectivity index (χ0v) is 30.3. The first-order valence-corrected chi connectivity index (χ1v) is 17.5. The first kappa shape index (κ1) is 34.5. The number of carboxylic acid groups (broad SMARTS) is 1. The Morgan fingerprint density at radius 3 is 2.24 bits per heavy atom. The smallest absolute Gasteiger partial charge is 0.309 e. The number of nitrogens with zero attached hydrogens (tertiary/aromatic N) is 2. The molecule has 0 aromatic heterocycles. The summed E-state index contributed by atoms with van der Waals surface area (Å²) in [6, 6.07) is 20.5. The van der Waals surface area contributed by atoms with Gasteiger partial charge in [-0.3, -0.25) is 9.69 Å². The summed E-state index contributed by atoms with van der Waals surface area (Å²) >= 11 is 0. The Morgan fingerprint density at radius 1 is 0.824 bits per heavy atom. The highest BCUT2D eigenvalue weighted by Gasteiger charge is 2.41. The second-order valence-electron chi connectivity index (χ2n) is 14.0. The van der Waals surface area contributed by atoms with Crippen LogP contribution in [0.1, 0.15) is 51.9 Å². The van der Waals surface area contributed by atoms with Crippen LogP contribution < -0.4 is 28.4 Å². The highest BCUT2D eigenvalue weighted by Crippen LogP contribution is 2.52. The minimum absolute atomic E-state index is 0.0382. The summed E-state index contributed by atoms with van der Waals surface area (Å²) in [5.41, 5.74) is 6.67. The summed E-state index contributed by atoms with van der Waals surface area (Å²) < 4.78 is 37.8. The molecule has 4 aliphatic heterocycles. The number of hydrogen-bond donors (Lipinski definition) is 1. The molecule has 1 N–H and O–H groups in total. The van der Waals surface area contributed by atoms with Crippen LogP contribution in [0.25, 0.3) is 0 Å². The van der Waals surface area contributed by atoms with Crippen LogP contribution in [0.5, 0.6) is 46.0 Å². The van der Waals surface area contributed by atoms with Crippen molar-refractivity contribution in [2.24, 2.45) is 0 Å². The van der Waals surface area contributed by atoms with Gasteiger partial charge in [-0.25, -0.2) is 0 Å². The lowest BCUT2D eigenvalue weighted by Crippen LogP contribution is -2.53. The predicted octanol–water partition coefficient (Wildman–Crippen LogP) is 7.15. The lowest BCUT2D eigenvalue weighted by atomic mass is 9.86. The molecule has 4 aromatic rings. The quantitative estimate of drug-likeness (QED) is 0.202. The van der Waals surface area contributed by atoms with Gasteiger partial charge in [-0.05, 0) is 84.6 Å². The third-order valence-corrected chi connectivity index (χ3v) is 11.1. The molecule has 0 radical (unpaired) electrons. The molecule has 10 nitrogen and oxygen atoms in total. The van der Waals surface area contributed by atoms with Gasteiger partial charge in [0.05, 0.1) is 55.0 Å². The maximum Gasteiger partial charge on any atom is 0.309 e. The van der Waals surface area contributed by atoms with Gasteiger partial charge >= 0.3 is 5.97 Å². The summed E-state index contributed by atoms with van der Waals surface area (Å²) in [6.45, 7) is 2.16. The van der Waals surface area contributed by atoms with Crippen LogP contribution in [-0.2, 0) is 30.5 Å². The van der Waals surface area contributed by atoms with E-state index in [1.54, 1.807) is 28.4 Å². The lowest BCUT2D eigenvalue weighted by molar-refractivity contribution is -0.940. The van der Waals surface area contributed by atoms with Crippen LogP contribution in [0.4, 0.5) is 0 Å². The summed E-state index contributed by atoms with van der Waals surface area (Å²) in [5.74, 6) is 4.12. The van der Waals surface area contributed by atoms with Gasteiger partial charge < -0.3 is 38.0 Å². The van der Waals surface area contributed by atoms with E-state index in [0.29, 0.717) is 69.9 Å². The molecule has 51 heavy (non-hydrogen) atoms. The van der Waals surface area contributed by atoms with Crippen molar-refractivity contribution in [3.8, 4) is 46.0 Å². The Kier molecular flexibility index (Phi) is 9.48. The Hall–Kier alpha value is -4.93. The molecule has 10 heteroatoms. The van der Waals surface area contributed by atoms with Crippen LogP contribution in [0.3, 0.4) is 0 Å². The first-order valence-electron chi connectivity index (χ1n) is 17.5.